The highest BCUT2D eigenvalue weighted by Crippen LogP contribution is 2.17. The number of hydrogen-bond donors (Lipinski definition) is 3. The van der Waals surface area contributed by atoms with Gasteiger partial charge in [-0.05, 0) is 55.5 Å². The molecule has 3 aromatic rings. The molecule has 7 heteroatoms. The number of benzene rings is 3. The van der Waals surface area contributed by atoms with Gasteiger partial charge >= 0.3 is 0 Å². The zero-order valence-corrected chi connectivity index (χ0v) is 16.3. The molecular weight excluding hydrogens is 382 g/mol. The second kappa shape index (κ2) is 9.88. The van der Waals surface area contributed by atoms with E-state index in [0.717, 1.165) is 0 Å². The first-order valence-corrected chi connectivity index (χ1v) is 9.37. The Morgan fingerprint density at radius 2 is 1.30 bits per heavy atom. The van der Waals surface area contributed by atoms with Crippen LogP contribution in [0.25, 0.3) is 0 Å². The number of para-hydroxylation sites is 1. The van der Waals surface area contributed by atoms with Crippen molar-refractivity contribution in [3.8, 4) is 5.75 Å². The maximum Gasteiger partial charge on any atom is 0.273 e. The lowest BCUT2D eigenvalue weighted by Crippen LogP contribution is -2.41. The van der Waals surface area contributed by atoms with Gasteiger partial charge in [-0.2, -0.15) is 0 Å². The molecule has 3 amide bonds. The zero-order chi connectivity index (χ0) is 21.3. The van der Waals surface area contributed by atoms with Gasteiger partial charge in [0.05, 0.1) is 12.2 Å². The largest absolute Gasteiger partial charge is 0.493 e. The first kappa shape index (κ1) is 20.6. The summed E-state index contributed by atoms with van der Waals surface area (Å²) in [5, 5.41) is 2.76. The lowest BCUT2D eigenvalue weighted by atomic mass is 10.1. The molecule has 0 atom stereocenters. The normalized spacial score (nSPS) is 10.0. The fraction of sp³-hybridized carbons (Fsp3) is 0.0870. The molecule has 0 aliphatic heterocycles. The molecule has 30 heavy (non-hydrogen) atoms. The van der Waals surface area contributed by atoms with Crippen LogP contribution in [0.3, 0.4) is 0 Å². The second-order valence-electron chi connectivity index (χ2n) is 6.23. The van der Waals surface area contributed by atoms with Gasteiger partial charge in [-0.25, -0.2) is 0 Å². The van der Waals surface area contributed by atoms with Crippen molar-refractivity contribution >= 4 is 23.4 Å². The summed E-state index contributed by atoms with van der Waals surface area (Å²) in [6.45, 7) is 2.24. The van der Waals surface area contributed by atoms with E-state index in [4.69, 9.17) is 4.74 Å². The standard InChI is InChI=1S/C23H21N3O4/c1-2-30-20-11-7-6-10-19(20)23(29)26-25-22(28)17-12-14-18(15-13-17)24-21(27)16-8-4-3-5-9-16/h3-15H,2H2,1H3,(H,24,27)(H,25,28)(H,26,29). The highest BCUT2D eigenvalue weighted by Gasteiger charge is 2.13. The molecule has 0 radical (unpaired) electrons. The van der Waals surface area contributed by atoms with Gasteiger partial charge in [-0.3, -0.25) is 25.2 Å². The summed E-state index contributed by atoms with van der Waals surface area (Å²) in [6, 6.07) is 21.9. The quantitative estimate of drug-likeness (QED) is 0.550. The summed E-state index contributed by atoms with van der Waals surface area (Å²) < 4.78 is 5.42. The van der Waals surface area contributed by atoms with E-state index in [1.54, 1.807) is 72.8 Å². The summed E-state index contributed by atoms with van der Waals surface area (Å²) in [6.07, 6.45) is 0. The molecule has 0 bridgehead atoms. The van der Waals surface area contributed by atoms with Gasteiger partial charge in [0.1, 0.15) is 5.75 Å². The van der Waals surface area contributed by atoms with Gasteiger partial charge < -0.3 is 10.1 Å². The number of amides is 3. The van der Waals surface area contributed by atoms with Crippen LogP contribution in [0.15, 0.2) is 78.9 Å². The summed E-state index contributed by atoms with van der Waals surface area (Å²) in [4.78, 5) is 36.8. The number of anilines is 1. The minimum absolute atomic E-state index is 0.243. The van der Waals surface area contributed by atoms with Gasteiger partial charge in [0.15, 0.2) is 0 Å². The Labute approximate surface area is 174 Å². The van der Waals surface area contributed by atoms with E-state index < -0.39 is 11.8 Å². The first-order chi connectivity index (χ1) is 14.6. The van der Waals surface area contributed by atoms with Gasteiger partial charge in [0.2, 0.25) is 0 Å². The Balaban J connectivity index is 1.57. The van der Waals surface area contributed by atoms with E-state index in [2.05, 4.69) is 16.2 Å². The van der Waals surface area contributed by atoms with E-state index in [9.17, 15) is 14.4 Å². The van der Waals surface area contributed by atoms with Crippen molar-refractivity contribution in [2.75, 3.05) is 11.9 Å². The van der Waals surface area contributed by atoms with Crippen molar-refractivity contribution in [2.24, 2.45) is 0 Å². The fourth-order valence-corrected chi connectivity index (χ4v) is 2.69. The maximum absolute atomic E-state index is 12.3. The van der Waals surface area contributed by atoms with Crippen LogP contribution < -0.4 is 20.9 Å². The summed E-state index contributed by atoms with van der Waals surface area (Å²) in [5.74, 6) is -0.782. The van der Waals surface area contributed by atoms with Crippen molar-refractivity contribution < 1.29 is 19.1 Å². The molecule has 0 fully saturated rings. The average molecular weight is 403 g/mol. The molecule has 3 aromatic carbocycles. The molecule has 0 heterocycles. The SMILES string of the molecule is CCOc1ccccc1C(=O)NNC(=O)c1ccc(NC(=O)c2ccccc2)cc1. The van der Waals surface area contributed by atoms with Crippen molar-refractivity contribution in [3.05, 3.63) is 95.6 Å². The highest BCUT2D eigenvalue weighted by molar-refractivity contribution is 6.04. The molecule has 0 saturated carbocycles. The van der Waals surface area contributed by atoms with Crippen LogP contribution in [0.4, 0.5) is 5.69 Å². The lowest BCUT2D eigenvalue weighted by Gasteiger charge is -2.11. The number of nitrogens with one attached hydrogen (secondary N) is 3. The third-order valence-corrected chi connectivity index (χ3v) is 4.16. The van der Waals surface area contributed by atoms with Crippen LogP contribution in [-0.2, 0) is 0 Å². The van der Waals surface area contributed by atoms with E-state index in [0.29, 0.717) is 34.7 Å². The first-order valence-electron chi connectivity index (χ1n) is 9.37. The predicted octanol–water partition coefficient (Wildman–Crippen LogP) is 3.41. The van der Waals surface area contributed by atoms with E-state index in [1.807, 2.05) is 13.0 Å². The summed E-state index contributed by atoms with van der Waals surface area (Å²) >= 11 is 0. The Bertz CT molecular complexity index is 1030. The van der Waals surface area contributed by atoms with Crippen LogP contribution in [0.2, 0.25) is 0 Å². The molecule has 0 aromatic heterocycles. The molecule has 3 rings (SSSR count). The maximum atomic E-state index is 12.3. The van der Waals surface area contributed by atoms with Crippen molar-refractivity contribution in [3.63, 3.8) is 0 Å². The van der Waals surface area contributed by atoms with Crippen LogP contribution in [0, 0.1) is 0 Å². The third-order valence-electron chi connectivity index (χ3n) is 4.16. The Hall–Kier alpha value is -4.13. The van der Waals surface area contributed by atoms with E-state index in [-0.39, 0.29) is 5.91 Å². The van der Waals surface area contributed by atoms with Crippen LogP contribution >= 0.6 is 0 Å². The highest BCUT2D eigenvalue weighted by atomic mass is 16.5. The van der Waals surface area contributed by atoms with Gasteiger partial charge in [-0.1, -0.05) is 30.3 Å². The molecule has 0 saturated heterocycles. The molecular formula is C23H21N3O4. The van der Waals surface area contributed by atoms with Gasteiger partial charge in [0, 0.05) is 16.8 Å². The number of carbonyl (C=O) groups is 3. The minimum Gasteiger partial charge on any atom is -0.493 e. The molecule has 3 N–H and O–H groups in total. The minimum atomic E-state index is -0.488. The summed E-state index contributed by atoms with van der Waals surface area (Å²) in [7, 11) is 0. The smallest absolute Gasteiger partial charge is 0.273 e. The summed E-state index contributed by atoms with van der Waals surface area (Å²) in [5.41, 5.74) is 6.48. The second-order valence-corrected chi connectivity index (χ2v) is 6.23. The van der Waals surface area contributed by atoms with E-state index >= 15 is 0 Å². The number of rotatable bonds is 6. The Kier molecular flexibility index (Phi) is 6.78. The molecule has 0 unspecified atom stereocenters. The molecule has 152 valence electrons. The fourth-order valence-electron chi connectivity index (χ4n) is 2.69. The monoisotopic (exact) mass is 403 g/mol. The zero-order valence-electron chi connectivity index (χ0n) is 16.3. The molecule has 0 spiro atoms. The number of carbonyl (C=O) groups excluding carboxylic acids is 3. The van der Waals surface area contributed by atoms with Crippen LogP contribution in [0.1, 0.15) is 38.0 Å². The molecule has 0 aliphatic carbocycles. The Morgan fingerprint density at radius 3 is 2.00 bits per heavy atom. The third kappa shape index (κ3) is 5.23. The molecule has 0 aliphatic rings. The van der Waals surface area contributed by atoms with E-state index in [1.165, 1.54) is 0 Å². The van der Waals surface area contributed by atoms with Gasteiger partial charge in [-0.15, -0.1) is 0 Å². The van der Waals surface area contributed by atoms with Crippen LogP contribution in [0.5, 0.6) is 5.75 Å². The van der Waals surface area contributed by atoms with Crippen molar-refractivity contribution in [1.29, 1.82) is 0 Å². The number of ether oxygens (including phenoxy) is 1. The average Bonchev–Trinajstić information content (AvgIpc) is 2.79. The lowest BCUT2D eigenvalue weighted by molar-refractivity contribution is 0.0844. The topological polar surface area (TPSA) is 96.5 Å². The Morgan fingerprint density at radius 1 is 0.700 bits per heavy atom. The van der Waals surface area contributed by atoms with Crippen molar-refractivity contribution in [1.82, 2.24) is 10.9 Å². The predicted molar refractivity (Wildman–Crippen MR) is 113 cm³/mol. The number of hydrogen-bond acceptors (Lipinski definition) is 4. The van der Waals surface area contributed by atoms with Crippen molar-refractivity contribution in [2.45, 2.75) is 6.92 Å². The van der Waals surface area contributed by atoms with Crippen LogP contribution in [-0.4, -0.2) is 24.3 Å². The number of hydrazine groups is 1. The molecule has 7 nitrogen and oxygen atoms in total. The van der Waals surface area contributed by atoms with Gasteiger partial charge in [0.25, 0.3) is 17.7 Å².